The minimum Gasteiger partial charge on any atom is -0.492 e. The van der Waals surface area contributed by atoms with Gasteiger partial charge in [0.2, 0.25) is 0 Å². The molecule has 0 saturated heterocycles. The molecule has 174 valence electrons. The van der Waals surface area contributed by atoms with Gasteiger partial charge < -0.3 is 15.8 Å². The number of fused-ring (bicyclic) bond motifs is 1. The first kappa shape index (κ1) is 23.0. The molecule has 0 spiro atoms. The molecular weight excluding hydrogens is 460 g/mol. The summed E-state index contributed by atoms with van der Waals surface area (Å²) in [7, 11) is 1.54. The number of carbonyl (C=O) groups is 1. The number of pyridine rings is 2. The molecule has 0 aliphatic carbocycles. The zero-order chi connectivity index (χ0) is 24.2. The fraction of sp³-hybridized carbons (Fsp3) is 0.174. The lowest BCUT2D eigenvalue weighted by molar-refractivity contribution is 0.0946. The third-order valence-corrected chi connectivity index (χ3v) is 5.42. The fourth-order valence-corrected chi connectivity index (χ4v) is 3.51. The van der Waals surface area contributed by atoms with Gasteiger partial charge in [-0.1, -0.05) is 11.6 Å². The van der Waals surface area contributed by atoms with Crippen LogP contribution in [-0.4, -0.2) is 31.6 Å². The van der Waals surface area contributed by atoms with Gasteiger partial charge in [0, 0.05) is 24.8 Å². The van der Waals surface area contributed by atoms with Crippen molar-refractivity contribution in [2.45, 2.75) is 13.1 Å². The molecule has 0 aliphatic rings. The number of hydrogen-bond acceptors (Lipinski definition) is 7. The first-order valence-electron chi connectivity index (χ1n) is 10.3. The van der Waals surface area contributed by atoms with Crippen molar-refractivity contribution in [1.82, 2.24) is 24.4 Å². The van der Waals surface area contributed by atoms with Crippen molar-refractivity contribution in [3.63, 3.8) is 0 Å². The molecule has 3 aromatic heterocycles. The molecule has 1 amide bonds. The first-order valence-corrected chi connectivity index (χ1v) is 10.7. The average molecular weight is 481 g/mol. The molecule has 4 rings (SSSR count). The topological polar surface area (TPSA) is 134 Å². The number of aryl methyl sites for hydroxylation is 1. The third kappa shape index (κ3) is 4.91. The molecule has 0 atom stereocenters. The van der Waals surface area contributed by atoms with Crippen molar-refractivity contribution >= 4 is 34.2 Å². The predicted molar refractivity (Wildman–Crippen MR) is 128 cm³/mol. The van der Waals surface area contributed by atoms with E-state index in [1.165, 1.54) is 23.9 Å². The van der Waals surface area contributed by atoms with Crippen LogP contribution in [0.1, 0.15) is 16.1 Å². The summed E-state index contributed by atoms with van der Waals surface area (Å²) < 4.78 is 8.00. The number of nitrogens with zero attached hydrogens (tertiary/aromatic N) is 4. The fourth-order valence-electron chi connectivity index (χ4n) is 3.39. The van der Waals surface area contributed by atoms with E-state index in [1.54, 1.807) is 42.6 Å². The SMILES string of the molecule is Cn1c(=O)n(CCOc2ccc(Cl)cc2)c(=O)c2cc(C(=O)NCc3ccnc(N)c3)ncc21. The number of anilines is 1. The summed E-state index contributed by atoms with van der Waals surface area (Å²) in [5, 5.41) is 3.50. The number of hydrogen-bond donors (Lipinski definition) is 2. The maximum absolute atomic E-state index is 13.1. The van der Waals surface area contributed by atoms with Gasteiger partial charge >= 0.3 is 5.69 Å². The first-order chi connectivity index (χ1) is 16.3. The molecule has 0 saturated carbocycles. The zero-order valence-corrected chi connectivity index (χ0v) is 19.0. The Hall–Kier alpha value is -4.18. The molecule has 10 nitrogen and oxygen atoms in total. The second-order valence-electron chi connectivity index (χ2n) is 7.46. The Labute approximate surface area is 198 Å². The highest BCUT2D eigenvalue weighted by Crippen LogP contribution is 2.15. The Kier molecular flexibility index (Phi) is 6.60. The second kappa shape index (κ2) is 9.75. The summed E-state index contributed by atoms with van der Waals surface area (Å²) in [5.74, 6) is 0.439. The predicted octanol–water partition coefficient (Wildman–Crippen LogP) is 1.73. The van der Waals surface area contributed by atoms with Crippen LogP contribution in [0.2, 0.25) is 5.02 Å². The van der Waals surface area contributed by atoms with Crippen LogP contribution >= 0.6 is 11.6 Å². The Bertz CT molecular complexity index is 1480. The second-order valence-corrected chi connectivity index (χ2v) is 7.90. The van der Waals surface area contributed by atoms with Gasteiger partial charge in [-0.15, -0.1) is 0 Å². The zero-order valence-electron chi connectivity index (χ0n) is 18.2. The number of nitrogens with one attached hydrogen (secondary N) is 1. The van der Waals surface area contributed by atoms with Gasteiger partial charge in [0.05, 0.1) is 23.6 Å². The highest BCUT2D eigenvalue weighted by Gasteiger charge is 2.15. The molecule has 34 heavy (non-hydrogen) atoms. The van der Waals surface area contributed by atoms with E-state index in [1.807, 2.05) is 0 Å². The van der Waals surface area contributed by atoms with Crippen LogP contribution in [-0.2, 0) is 20.1 Å². The van der Waals surface area contributed by atoms with E-state index in [0.717, 1.165) is 10.1 Å². The molecule has 3 heterocycles. The van der Waals surface area contributed by atoms with Crippen LogP contribution in [0.4, 0.5) is 5.82 Å². The van der Waals surface area contributed by atoms with Crippen molar-refractivity contribution in [3.8, 4) is 5.75 Å². The highest BCUT2D eigenvalue weighted by molar-refractivity contribution is 6.30. The molecule has 0 aliphatic heterocycles. The van der Waals surface area contributed by atoms with E-state index in [0.29, 0.717) is 22.1 Å². The molecule has 0 fully saturated rings. The molecule has 0 unspecified atom stereocenters. The minimum atomic E-state index is -0.531. The number of carbonyl (C=O) groups excluding carboxylic acids is 1. The largest absolute Gasteiger partial charge is 0.492 e. The Morgan fingerprint density at radius 2 is 1.91 bits per heavy atom. The van der Waals surface area contributed by atoms with Crippen molar-refractivity contribution < 1.29 is 9.53 Å². The van der Waals surface area contributed by atoms with Gasteiger partial charge in [-0.2, -0.15) is 0 Å². The lowest BCUT2D eigenvalue weighted by Crippen LogP contribution is -2.40. The number of halogens is 1. The van der Waals surface area contributed by atoms with Gasteiger partial charge in [-0.3, -0.25) is 18.7 Å². The lowest BCUT2D eigenvalue weighted by Gasteiger charge is -2.12. The summed E-state index contributed by atoms with van der Waals surface area (Å²) in [5.41, 5.74) is 5.76. The molecule has 1 aromatic carbocycles. The quantitative estimate of drug-likeness (QED) is 0.411. The van der Waals surface area contributed by atoms with E-state index in [4.69, 9.17) is 22.1 Å². The summed E-state index contributed by atoms with van der Waals surface area (Å²) in [6.45, 7) is 0.331. The standard InChI is InChI=1S/C23H21ClN6O4/c1-29-19-13-27-18(21(31)28-12-14-6-7-26-20(25)10-14)11-17(19)22(32)30(23(29)33)8-9-34-16-4-2-15(24)3-5-16/h2-7,10-11,13H,8-9,12H2,1H3,(H2,25,26)(H,28,31). The molecule has 0 bridgehead atoms. The smallest absolute Gasteiger partial charge is 0.331 e. The highest BCUT2D eigenvalue weighted by atomic mass is 35.5. The van der Waals surface area contributed by atoms with E-state index < -0.39 is 17.2 Å². The van der Waals surface area contributed by atoms with Gasteiger partial charge in [-0.25, -0.2) is 14.8 Å². The van der Waals surface area contributed by atoms with Gasteiger partial charge in [0.25, 0.3) is 11.5 Å². The van der Waals surface area contributed by atoms with Crippen molar-refractivity contribution in [2.24, 2.45) is 7.05 Å². The van der Waals surface area contributed by atoms with Crippen LogP contribution in [0.15, 0.2) is 64.4 Å². The lowest BCUT2D eigenvalue weighted by atomic mass is 10.2. The van der Waals surface area contributed by atoms with E-state index in [-0.39, 0.29) is 30.8 Å². The molecule has 0 radical (unpaired) electrons. The number of nitrogens with two attached hydrogens (primary N) is 1. The van der Waals surface area contributed by atoms with Crippen LogP contribution in [0.3, 0.4) is 0 Å². The molecular formula is C23H21ClN6O4. The third-order valence-electron chi connectivity index (χ3n) is 5.17. The number of rotatable bonds is 7. The van der Waals surface area contributed by atoms with E-state index in [9.17, 15) is 14.4 Å². The van der Waals surface area contributed by atoms with Crippen LogP contribution < -0.4 is 27.0 Å². The van der Waals surface area contributed by atoms with Gasteiger partial charge in [-0.05, 0) is 48.0 Å². The molecule has 11 heteroatoms. The van der Waals surface area contributed by atoms with Gasteiger partial charge in [0.1, 0.15) is 23.9 Å². The van der Waals surface area contributed by atoms with Crippen LogP contribution in [0, 0.1) is 0 Å². The number of amides is 1. The Morgan fingerprint density at radius 3 is 2.65 bits per heavy atom. The summed E-state index contributed by atoms with van der Waals surface area (Å²) >= 11 is 5.86. The van der Waals surface area contributed by atoms with Crippen LogP contribution in [0.25, 0.3) is 10.9 Å². The Morgan fingerprint density at radius 1 is 1.15 bits per heavy atom. The number of benzene rings is 1. The molecule has 4 aromatic rings. The summed E-state index contributed by atoms with van der Waals surface area (Å²) in [6, 6.07) is 11.5. The van der Waals surface area contributed by atoms with Crippen LogP contribution in [0.5, 0.6) is 5.75 Å². The van der Waals surface area contributed by atoms with Crippen molar-refractivity contribution in [3.05, 3.63) is 92.0 Å². The average Bonchev–Trinajstić information content (AvgIpc) is 2.84. The summed E-state index contributed by atoms with van der Waals surface area (Å²) in [6.07, 6.45) is 2.89. The monoisotopic (exact) mass is 480 g/mol. The number of ether oxygens (including phenoxy) is 1. The van der Waals surface area contributed by atoms with Gasteiger partial charge in [0.15, 0.2) is 0 Å². The van der Waals surface area contributed by atoms with Crippen molar-refractivity contribution in [2.75, 3.05) is 12.3 Å². The number of nitrogen functional groups attached to an aromatic ring is 1. The minimum absolute atomic E-state index is 0.0252. The Balaban J connectivity index is 1.56. The molecule has 3 N–H and O–H groups in total. The van der Waals surface area contributed by atoms with Crippen molar-refractivity contribution in [1.29, 1.82) is 0 Å². The normalized spacial score (nSPS) is 10.9. The maximum Gasteiger partial charge on any atom is 0.331 e. The van der Waals surface area contributed by atoms with E-state index >= 15 is 0 Å². The number of aromatic nitrogens is 4. The summed E-state index contributed by atoms with van der Waals surface area (Å²) in [4.78, 5) is 46.5. The van der Waals surface area contributed by atoms with E-state index in [2.05, 4.69) is 15.3 Å². The maximum atomic E-state index is 13.1.